The summed E-state index contributed by atoms with van der Waals surface area (Å²) < 4.78 is 0. The van der Waals surface area contributed by atoms with Crippen LogP contribution < -0.4 is 10.6 Å². The highest BCUT2D eigenvalue weighted by Crippen LogP contribution is 2.30. The first-order valence-electron chi connectivity index (χ1n) is 4.76. The van der Waals surface area contributed by atoms with E-state index in [4.69, 9.17) is 15.5 Å². The first kappa shape index (κ1) is 9.11. The topological polar surface area (TPSA) is 74.4 Å². The second-order valence-electron chi connectivity index (χ2n) is 3.59. The first-order chi connectivity index (χ1) is 7.74. The molecule has 2 N–H and O–H groups in total. The SMILES string of the molecule is NC(=O)c1cnc2cc3c(cc2c1)COO3. The summed E-state index contributed by atoms with van der Waals surface area (Å²) in [5.41, 5.74) is 7.27. The minimum absolute atomic E-state index is 0.396. The van der Waals surface area contributed by atoms with Crippen LogP contribution in [0.2, 0.25) is 0 Å². The van der Waals surface area contributed by atoms with Gasteiger partial charge in [0.05, 0.1) is 11.1 Å². The van der Waals surface area contributed by atoms with Gasteiger partial charge in [-0.15, -0.1) is 0 Å². The van der Waals surface area contributed by atoms with Crippen LogP contribution in [0.3, 0.4) is 0 Å². The third-order valence-electron chi connectivity index (χ3n) is 2.51. The van der Waals surface area contributed by atoms with Crippen LogP contribution >= 0.6 is 0 Å². The molecule has 1 aromatic heterocycles. The predicted molar refractivity (Wildman–Crippen MR) is 55.7 cm³/mol. The largest absolute Gasteiger partial charge is 0.366 e. The van der Waals surface area contributed by atoms with Crippen LogP contribution in [0.15, 0.2) is 24.4 Å². The summed E-state index contributed by atoms with van der Waals surface area (Å²) in [6, 6.07) is 5.38. The van der Waals surface area contributed by atoms with E-state index >= 15 is 0 Å². The number of hydrogen-bond acceptors (Lipinski definition) is 4. The molecule has 0 saturated carbocycles. The van der Waals surface area contributed by atoms with Crippen molar-refractivity contribution < 1.29 is 14.6 Å². The van der Waals surface area contributed by atoms with Crippen molar-refractivity contribution in [1.29, 1.82) is 0 Å². The first-order valence-corrected chi connectivity index (χ1v) is 4.76. The van der Waals surface area contributed by atoms with Crippen LogP contribution in [0.1, 0.15) is 15.9 Å². The maximum absolute atomic E-state index is 11.0. The van der Waals surface area contributed by atoms with E-state index in [9.17, 15) is 4.79 Å². The molecule has 0 atom stereocenters. The van der Waals surface area contributed by atoms with Gasteiger partial charge in [-0.3, -0.25) is 9.78 Å². The molecular formula is C11H8N2O3. The monoisotopic (exact) mass is 216 g/mol. The van der Waals surface area contributed by atoms with Crippen LogP contribution in [0.4, 0.5) is 0 Å². The molecule has 5 nitrogen and oxygen atoms in total. The van der Waals surface area contributed by atoms with E-state index in [-0.39, 0.29) is 0 Å². The van der Waals surface area contributed by atoms with Gasteiger partial charge in [-0.2, -0.15) is 4.89 Å². The Hall–Kier alpha value is -2.14. The van der Waals surface area contributed by atoms with Gasteiger partial charge in [0.1, 0.15) is 6.61 Å². The molecule has 0 saturated heterocycles. The van der Waals surface area contributed by atoms with Crippen molar-refractivity contribution in [3.63, 3.8) is 0 Å². The van der Waals surface area contributed by atoms with Crippen molar-refractivity contribution in [3.05, 3.63) is 35.5 Å². The molecule has 1 aromatic carbocycles. The standard InChI is InChI=1S/C11H8N2O3/c12-11(14)7-1-6-2-8-5-15-16-10(8)3-9(6)13-4-7/h1-4H,5H2,(H2,12,14). The fourth-order valence-corrected chi connectivity index (χ4v) is 1.69. The van der Waals surface area contributed by atoms with Gasteiger partial charge >= 0.3 is 0 Å². The maximum Gasteiger partial charge on any atom is 0.250 e. The summed E-state index contributed by atoms with van der Waals surface area (Å²) in [4.78, 5) is 25.0. The molecule has 0 fully saturated rings. The molecule has 0 unspecified atom stereocenters. The second-order valence-corrected chi connectivity index (χ2v) is 3.59. The molecule has 0 bridgehead atoms. The Morgan fingerprint density at radius 2 is 2.25 bits per heavy atom. The zero-order valence-corrected chi connectivity index (χ0v) is 8.27. The number of pyridine rings is 1. The van der Waals surface area contributed by atoms with Crippen molar-refractivity contribution in [2.24, 2.45) is 5.73 Å². The molecule has 2 heterocycles. The molecule has 1 aliphatic rings. The number of fused-ring (bicyclic) bond motifs is 2. The Balaban J connectivity index is 2.24. The maximum atomic E-state index is 11.0. The zero-order valence-electron chi connectivity index (χ0n) is 8.27. The molecule has 2 aromatic rings. The van der Waals surface area contributed by atoms with Crippen molar-refractivity contribution >= 4 is 16.8 Å². The number of nitrogens with zero attached hydrogens (tertiary/aromatic N) is 1. The second kappa shape index (κ2) is 3.18. The molecule has 1 amide bonds. The normalized spacial score (nSPS) is 13.5. The summed E-state index contributed by atoms with van der Waals surface area (Å²) in [5, 5.41) is 0.851. The van der Waals surface area contributed by atoms with Crippen LogP contribution in [0, 0.1) is 0 Å². The Morgan fingerprint density at radius 1 is 1.38 bits per heavy atom. The third-order valence-corrected chi connectivity index (χ3v) is 2.51. The van der Waals surface area contributed by atoms with Gasteiger partial charge in [0.15, 0.2) is 5.75 Å². The molecule has 80 valence electrons. The lowest BCUT2D eigenvalue weighted by molar-refractivity contribution is -0.194. The van der Waals surface area contributed by atoms with Crippen LogP contribution in [-0.4, -0.2) is 10.9 Å². The van der Waals surface area contributed by atoms with Crippen LogP contribution in [-0.2, 0) is 11.5 Å². The average molecular weight is 216 g/mol. The average Bonchev–Trinajstić information content (AvgIpc) is 2.71. The molecule has 16 heavy (non-hydrogen) atoms. The van der Waals surface area contributed by atoms with Crippen molar-refractivity contribution in [3.8, 4) is 5.75 Å². The van der Waals surface area contributed by atoms with E-state index in [1.807, 2.05) is 6.07 Å². The molecule has 1 aliphatic heterocycles. The smallest absolute Gasteiger partial charge is 0.250 e. The molecule has 5 heteroatoms. The van der Waals surface area contributed by atoms with Crippen molar-refractivity contribution in [2.45, 2.75) is 6.61 Å². The lowest BCUT2D eigenvalue weighted by Gasteiger charge is -2.01. The Bertz CT molecular complexity index is 595. The Labute approximate surface area is 90.7 Å². The van der Waals surface area contributed by atoms with Gasteiger partial charge in [-0.1, -0.05) is 0 Å². The quantitative estimate of drug-likeness (QED) is 0.726. The van der Waals surface area contributed by atoms with E-state index < -0.39 is 5.91 Å². The molecular weight excluding hydrogens is 208 g/mol. The summed E-state index contributed by atoms with van der Waals surface area (Å²) in [6.07, 6.45) is 1.45. The van der Waals surface area contributed by atoms with Gasteiger partial charge in [0.2, 0.25) is 5.91 Å². The number of amides is 1. The number of primary amides is 1. The fraction of sp³-hybridized carbons (Fsp3) is 0.0909. The van der Waals surface area contributed by atoms with Crippen molar-refractivity contribution in [1.82, 2.24) is 4.98 Å². The fourth-order valence-electron chi connectivity index (χ4n) is 1.69. The van der Waals surface area contributed by atoms with E-state index in [1.165, 1.54) is 6.20 Å². The highest BCUT2D eigenvalue weighted by atomic mass is 17.2. The lowest BCUT2D eigenvalue weighted by atomic mass is 10.1. The minimum atomic E-state index is -0.484. The number of carbonyl (C=O) groups is 1. The van der Waals surface area contributed by atoms with Gasteiger partial charge < -0.3 is 10.6 Å². The highest BCUT2D eigenvalue weighted by molar-refractivity contribution is 5.96. The Kier molecular flexibility index (Phi) is 1.81. The van der Waals surface area contributed by atoms with Gasteiger partial charge in [-0.05, 0) is 12.1 Å². The summed E-state index contributed by atoms with van der Waals surface area (Å²) in [6.45, 7) is 0.409. The molecule has 3 rings (SSSR count). The van der Waals surface area contributed by atoms with E-state index in [2.05, 4.69) is 4.98 Å². The van der Waals surface area contributed by atoms with Crippen molar-refractivity contribution in [2.75, 3.05) is 0 Å². The van der Waals surface area contributed by atoms with E-state index in [0.717, 1.165) is 16.5 Å². The number of hydrogen-bond donors (Lipinski definition) is 1. The van der Waals surface area contributed by atoms with Crippen LogP contribution in [0.5, 0.6) is 5.75 Å². The number of rotatable bonds is 1. The van der Waals surface area contributed by atoms with Gasteiger partial charge in [0.25, 0.3) is 0 Å². The summed E-state index contributed by atoms with van der Waals surface area (Å²) in [7, 11) is 0. The van der Waals surface area contributed by atoms with E-state index in [0.29, 0.717) is 17.9 Å². The van der Waals surface area contributed by atoms with Gasteiger partial charge in [0, 0.05) is 23.2 Å². The van der Waals surface area contributed by atoms with Crippen LogP contribution in [0.25, 0.3) is 10.9 Å². The predicted octanol–water partition coefficient (Wildman–Crippen LogP) is 1.16. The molecule has 0 spiro atoms. The highest BCUT2D eigenvalue weighted by Gasteiger charge is 2.15. The summed E-state index contributed by atoms with van der Waals surface area (Å²) in [5.74, 6) is 0.189. The number of nitrogens with two attached hydrogens (primary N) is 1. The minimum Gasteiger partial charge on any atom is -0.366 e. The number of aromatic nitrogens is 1. The number of benzene rings is 1. The lowest BCUT2D eigenvalue weighted by Crippen LogP contribution is -2.11. The Morgan fingerprint density at radius 3 is 3.06 bits per heavy atom. The van der Waals surface area contributed by atoms with E-state index in [1.54, 1.807) is 12.1 Å². The molecule has 0 radical (unpaired) electrons. The van der Waals surface area contributed by atoms with Gasteiger partial charge in [-0.25, -0.2) is 0 Å². The number of carbonyl (C=O) groups excluding carboxylic acids is 1. The summed E-state index contributed by atoms with van der Waals surface area (Å²) >= 11 is 0. The zero-order chi connectivity index (χ0) is 11.1. The molecule has 0 aliphatic carbocycles. The third kappa shape index (κ3) is 1.30.